The van der Waals surface area contributed by atoms with Crippen LogP contribution in [-0.4, -0.2) is 51.8 Å². The van der Waals surface area contributed by atoms with Gasteiger partial charge >= 0.3 is 0 Å². The molecule has 0 unspecified atom stereocenters. The summed E-state index contributed by atoms with van der Waals surface area (Å²) in [5.41, 5.74) is 0.556. The number of rotatable bonds is 9. The van der Waals surface area contributed by atoms with E-state index in [9.17, 15) is 8.78 Å². The molecule has 0 aliphatic rings. The van der Waals surface area contributed by atoms with Gasteiger partial charge in [-0.25, -0.2) is 8.78 Å². The molecule has 1 aromatic carbocycles. The normalized spacial score (nSPS) is 11.2. The molecule has 0 fully saturated rings. The zero-order chi connectivity index (χ0) is 14.1. The second-order valence-electron chi connectivity index (χ2n) is 4.53. The third-order valence-electron chi connectivity index (χ3n) is 2.93. The van der Waals surface area contributed by atoms with Gasteiger partial charge in [-0.2, -0.15) is 0 Å². The summed E-state index contributed by atoms with van der Waals surface area (Å²) >= 11 is 0. The minimum absolute atomic E-state index is 0.466. The van der Waals surface area contributed by atoms with E-state index >= 15 is 0 Å². The summed E-state index contributed by atoms with van der Waals surface area (Å²) in [7, 11) is 3.66. The molecule has 0 aliphatic heterocycles. The van der Waals surface area contributed by atoms with E-state index in [2.05, 4.69) is 10.2 Å². The molecule has 0 spiro atoms. The van der Waals surface area contributed by atoms with Crippen LogP contribution >= 0.6 is 0 Å². The quantitative estimate of drug-likeness (QED) is 0.692. The molecule has 0 radical (unpaired) electrons. The van der Waals surface area contributed by atoms with Crippen molar-refractivity contribution in [2.24, 2.45) is 0 Å². The average Bonchev–Trinajstić information content (AvgIpc) is 2.37. The molecule has 108 valence electrons. The van der Waals surface area contributed by atoms with Gasteiger partial charge in [0.05, 0.1) is 6.61 Å². The van der Waals surface area contributed by atoms with E-state index < -0.39 is 11.6 Å². The fourth-order valence-electron chi connectivity index (χ4n) is 1.72. The van der Waals surface area contributed by atoms with Crippen LogP contribution in [0.2, 0.25) is 0 Å². The minimum Gasteiger partial charge on any atom is -0.383 e. The first kappa shape index (κ1) is 16.0. The lowest BCUT2D eigenvalue weighted by Gasteiger charge is -2.17. The summed E-state index contributed by atoms with van der Waals surface area (Å²) in [6.07, 6.45) is 0.584. The van der Waals surface area contributed by atoms with Gasteiger partial charge < -0.3 is 15.0 Å². The number of nitrogens with one attached hydrogen (secondary N) is 1. The van der Waals surface area contributed by atoms with Crippen molar-refractivity contribution < 1.29 is 13.5 Å². The molecule has 1 aromatic rings. The van der Waals surface area contributed by atoms with Crippen LogP contribution in [0.4, 0.5) is 8.78 Å². The summed E-state index contributed by atoms with van der Waals surface area (Å²) in [4.78, 5) is 2.11. The summed E-state index contributed by atoms with van der Waals surface area (Å²) in [5, 5.41) is 3.24. The first-order valence-electron chi connectivity index (χ1n) is 6.45. The molecular weight excluding hydrogens is 250 g/mol. The predicted molar refractivity (Wildman–Crippen MR) is 72.3 cm³/mol. The smallest absolute Gasteiger partial charge is 0.129 e. The van der Waals surface area contributed by atoms with Gasteiger partial charge in [0.15, 0.2) is 0 Å². The summed E-state index contributed by atoms with van der Waals surface area (Å²) < 4.78 is 31.1. The van der Waals surface area contributed by atoms with Crippen LogP contribution < -0.4 is 5.32 Å². The Morgan fingerprint density at radius 2 is 2.00 bits per heavy atom. The molecule has 1 rings (SSSR count). The van der Waals surface area contributed by atoms with Crippen LogP contribution in [0.15, 0.2) is 18.2 Å². The molecule has 0 bridgehead atoms. The molecule has 0 atom stereocenters. The van der Waals surface area contributed by atoms with Crippen molar-refractivity contribution in [3.8, 4) is 0 Å². The largest absolute Gasteiger partial charge is 0.383 e. The first-order chi connectivity index (χ1) is 9.13. The molecule has 0 aliphatic carbocycles. The third-order valence-corrected chi connectivity index (χ3v) is 2.93. The van der Waals surface area contributed by atoms with E-state index in [1.165, 1.54) is 12.1 Å². The number of halogens is 2. The molecular formula is C14H22F2N2O. The van der Waals surface area contributed by atoms with Gasteiger partial charge in [0.2, 0.25) is 0 Å². The highest BCUT2D eigenvalue weighted by Crippen LogP contribution is 2.10. The van der Waals surface area contributed by atoms with E-state index in [1.54, 1.807) is 7.11 Å². The van der Waals surface area contributed by atoms with E-state index in [1.807, 2.05) is 7.05 Å². The maximum absolute atomic E-state index is 13.4. The zero-order valence-electron chi connectivity index (χ0n) is 11.6. The number of benzene rings is 1. The molecule has 3 nitrogen and oxygen atoms in total. The van der Waals surface area contributed by atoms with Gasteiger partial charge in [0, 0.05) is 39.4 Å². The van der Waals surface area contributed by atoms with Crippen molar-refractivity contribution >= 4 is 0 Å². The monoisotopic (exact) mass is 272 g/mol. The van der Waals surface area contributed by atoms with Gasteiger partial charge in [0.25, 0.3) is 0 Å². The van der Waals surface area contributed by atoms with E-state index in [0.717, 1.165) is 32.2 Å². The van der Waals surface area contributed by atoms with Gasteiger partial charge in [0.1, 0.15) is 11.6 Å². The predicted octanol–water partition coefficient (Wildman–Crippen LogP) is 1.68. The molecule has 19 heavy (non-hydrogen) atoms. The number of hydrogen-bond acceptors (Lipinski definition) is 3. The van der Waals surface area contributed by atoms with Gasteiger partial charge in [-0.3, -0.25) is 0 Å². The lowest BCUT2D eigenvalue weighted by molar-refractivity contribution is 0.198. The van der Waals surface area contributed by atoms with Gasteiger partial charge in [-0.05, 0) is 25.1 Å². The molecule has 0 heterocycles. The van der Waals surface area contributed by atoms with Crippen LogP contribution in [-0.2, 0) is 11.2 Å². The van der Waals surface area contributed by atoms with Crippen molar-refractivity contribution in [3.63, 3.8) is 0 Å². The standard InChI is InChI=1S/C14H22F2N2O/c1-18(9-6-17-7-10-19-2)8-5-12-3-4-13(15)11-14(12)16/h3-4,11,17H,5-10H2,1-2H3. The fourth-order valence-corrected chi connectivity index (χ4v) is 1.72. The zero-order valence-corrected chi connectivity index (χ0v) is 11.6. The summed E-state index contributed by atoms with van der Waals surface area (Å²) in [6.45, 7) is 4.02. The Hall–Kier alpha value is -1.04. The van der Waals surface area contributed by atoms with E-state index in [0.29, 0.717) is 18.6 Å². The van der Waals surface area contributed by atoms with Crippen molar-refractivity contribution in [1.82, 2.24) is 10.2 Å². The molecule has 0 saturated carbocycles. The SMILES string of the molecule is COCCNCCN(C)CCc1ccc(F)cc1F. The Bertz CT molecular complexity index is 374. The highest BCUT2D eigenvalue weighted by atomic mass is 19.1. The number of ether oxygens (including phenoxy) is 1. The Labute approximate surface area is 113 Å². The number of methoxy groups -OCH3 is 1. The van der Waals surface area contributed by atoms with Crippen molar-refractivity contribution in [1.29, 1.82) is 0 Å². The fraction of sp³-hybridized carbons (Fsp3) is 0.571. The van der Waals surface area contributed by atoms with Crippen LogP contribution in [0.25, 0.3) is 0 Å². The molecule has 0 amide bonds. The molecule has 0 saturated heterocycles. The maximum atomic E-state index is 13.4. The highest BCUT2D eigenvalue weighted by molar-refractivity contribution is 5.18. The Morgan fingerprint density at radius 3 is 2.68 bits per heavy atom. The average molecular weight is 272 g/mol. The summed E-state index contributed by atoms with van der Waals surface area (Å²) in [5.74, 6) is -0.997. The third kappa shape index (κ3) is 6.61. The highest BCUT2D eigenvalue weighted by Gasteiger charge is 2.05. The van der Waals surface area contributed by atoms with Crippen LogP contribution in [0.1, 0.15) is 5.56 Å². The second-order valence-corrected chi connectivity index (χ2v) is 4.53. The summed E-state index contributed by atoms with van der Waals surface area (Å²) in [6, 6.07) is 3.74. The maximum Gasteiger partial charge on any atom is 0.129 e. The van der Waals surface area contributed by atoms with Crippen LogP contribution in [0, 0.1) is 11.6 Å². The van der Waals surface area contributed by atoms with Crippen LogP contribution in [0.5, 0.6) is 0 Å². The lowest BCUT2D eigenvalue weighted by atomic mass is 10.1. The van der Waals surface area contributed by atoms with Crippen LogP contribution in [0.3, 0.4) is 0 Å². The number of likely N-dealkylation sites (N-methyl/N-ethyl adjacent to an activating group) is 1. The van der Waals surface area contributed by atoms with E-state index in [4.69, 9.17) is 4.74 Å². The Kier molecular flexibility index (Phi) is 7.55. The number of hydrogen-bond donors (Lipinski definition) is 1. The lowest BCUT2D eigenvalue weighted by Crippen LogP contribution is -2.32. The first-order valence-corrected chi connectivity index (χ1v) is 6.45. The Balaban J connectivity index is 2.20. The van der Waals surface area contributed by atoms with Gasteiger partial charge in [-0.1, -0.05) is 6.07 Å². The topological polar surface area (TPSA) is 24.5 Å². The van der Waals surface area contributed by atoms with Crippen molar-refractivity contribution in [3.05, 3.63) is 35.4 Å². The second kappa shape index (κ2) is 8.96. The van der Waals surface area contributed by atoms with Gasteiger partial charge in [-0.15, -0.1) is 0 Å². The minimum atomic E-state index is -0.531. The molecule has 1 N–H and O–H groups in total. The van der Waals surface area contributed by atoms with Crippen molar-refractivity contribution in [2.45, 2.75) is 6.42 Å². The van der Waals surface area contributed by atoms with E-state index in [-0.39, 0.29) is 0 Å². The Morgan fingerprint density at radius 1 is 1.21 bits per heavy atom. The number of nitrogens with zero attached hydrogens (tertiary/aromatic N) is 1. The van der Waals surface area contributed by atoms with Crippen molar-refractivity contribution in [2.75, 3.05) is 46.9 Å². The molecule has 0 aromatic heterocycles. The molecule has 5 heteroatoms.